The van der Waals surface area contributed by atoms with E-state index in [1.807, 2.05) is 14.1 Å². The summed E-state index contributed by atoms with van der Waals surface area (Å²) in [5.74, 6) is -0.0135. The summed E-state index contributed by atoms with van der Waals surface area (Å²) >= 11 is 1.64. The van der Waals surface area contributed by atoms with Gasteiger partial charge in [0.05, 0.1) is 5.56 Å². The van der Waals surface area contributed by atoms with Gasteiger partial charge in [-0.15, -0.1) is 11.8 Å². The first-order valence-corrected chi connectivity index (χ1v) is 5.89. The van der Waals surface area contributed by atoms with Gasteiger partial charge in [-0.25, -0.2) is 4.79 Å². The average Bonchev–Trinajstić information content (AvgIpc) is 2.19. The zero-order valence-electron chi connectivity index (χ0n) is 9.43. The Hall–Kier alpha value is -1.20. The molecule has 0 saturated heterocycles. The lowest BCUT2D eigenvalue weighted by atomic mass is 10.2. The van der Waals surface area contributed by atoms with Crippen LogP contribution in [0.3, 0.4) is 0 Å². The van der Waals surface area contributed by atoms with Crippen LogP contribution in [-0.4, -0.2) is 42.4 Å². The van der Waals surface area contributed by atoms with Crippen molar-refractivity contribution in [1.82, 2.24) is 4.90 Å². The number of carbonyl (C=O) groups is 1. The fourth-order valence-electron chi connectivity index (χ4n) is 1.15. The maximum Gasteiger partial charge on any atom is 0.335 e. The molecular formula is C11H16N2O2S. The molecule has 1 rings (SSSR count). The van der Waals surface area contributed by atoms with Crippen LogP contribution in [0.2, 0.25) is 0 Å². The zero-order chi connectivity index (χ0) is 12.1. The Balaban J connectivity index is 2.64. The second kappa shape index (κ2) is 5.77. The minimum absolute atomic E-state index is 0.231. The molecule has 0 atom stereocenters. The normalized spacial score (nSPS) is 10.7. The average molecular weight is 240 g/mol. The highest BCUT2D eigenvalue weighted by Gasteiger charge is 2.06. The number of hydrogen-bond donors (Lipinski definition) is 2. The van der Waals surface area contributed by atoms with Crippen LogP contribution in [-0.2, 0) is 0 Å². The molecule has 0 heterocycles. The summed E-state index contributed by atoms with van der Waals surface area (Å²) in [6.45, 7) is 0.963. The molecule has 1 aromatic carbocycles. The minimum atomic E-state index is -0.948. The lowest BCUT2D eigenvalue weighted by Gasteiger charge is -2.10. The molecule has 0 unspecified atom stereocenters. The van der Waals surface area contributed by atoms with E-state index in [1.165, 1.54) is 6.07 Å². The summed E-state index contributed by atoms with van der Waals surface area (Å²) in [6, 6.07) is 4.84. The van der Waals surface area contributed by atoms with E-state index >= 15 is 0 Å². The smallest absolute Gasteiger partial charge is 0.335 e. The Morgan fingerprint density at radius 2 is 2.19 bits per heavy atom. The number of anilines is 1. The maximum atomic E-state index is 10.7. The molecule has 0 aliphatic carbocycles. The van der Waals surface area contributed by atoms with Crippen molar-refractivity contribution in [2.24, 2.45) is 0 Å². The van der Waals surface area contributed by atoms with E-state index in [0.29, 0.717) is 5.69 Å². The second-order valence-corrected chi connectivity index (χ2v) is 4.85. The molecule has 0 spiro atoms. The van der Waals surface area contributed by atoms with E-state index in [1.54, 1.807) is 23.9 Å². The number of thioether (sulfide) groups is 1. The van der Waals surface area contributed by atoms with Crippen LogP contribution in [0.4, 0.5) is 5.69 Å². The van der Waals surface area contributed by atoms with E-state index in [-0.39, 0.29) is 5.56 Å². The largest absolute Gasteiger partial charge is 0.478 e. The van der Waals surface area contributed by atoms with Gasteiger partial charge < -0.3 is 15.7 Å². The van der Waals surface area contributed by atoms with Gasteiger partial charge in [-0.05, 0) is 32.3 Å². The lowest BCUT2D eigenvalue weighted by Crippen LogP contribution is -2.14. The second-order valence-electron chi connectivity index (χ2n) is 3.71. The summed E-state index contributed by atoms with van der Waals surface area (Å²) in [5.41, 5.74) is 6.54. The number of carboxylic acid groups (broad SMARTS) is 1. The summed E-state index contributed by atoms with van der Waals surface area (Å²) in [6.07, 6.45) is 0. The highest BCUT2D eigenvalue weighted by atomic mass is 32.2. The van der Waals surface area contributed by atoms with Crippen molar-refractivity contribution >= 4 is 23.4 Å². The SMILES string of the molecule is CN(C)CCSc1ccc(C(=O)O)cc1N. The molecule has 88 valence electrons. The van der Waals surface area contributed by atoms with Crippen LogP contribution < -0.4 is 5.73 Å². The van der Waals surface area contributed by atoms with Crippen molar-refractivity contribution in [3.05, 3.63) is 23.8 Å². The summed E-state index contributed by atoms with van der Waals surface area (Å²) in [5, 5.41) is 8.78. The van der Waals surface area contributed by atoms with E-state index in [2.05, 4.69) is 4.90 Å². The third-order valence-electron chi connectivity index (χ3n) is 2.05. The third kappa shape index (κ3) is 3.75. The van der Waals surface area contributed by atoms with Crippen LogP contribution in [0.5, 0.6) is 0 Å². The first kappa shape index (κ1) is 12.9. The minimum Gasteiger partial charge on any atom is -0.478 e. The highest BCUT2D eigenvalue weighted by Crippen LogP contribution is 2.25. The van der Waals surface area contributed by atoms with Crippen molar-refractivity contribution < 1.29 is 9.90 Å². The van der Waals surface area contributed by atoms with Crippen LogP contribution in [0, 0.1) is 0 Å². The Bertz CT molecular complexity index is 380. The number of hydrogen-bond acceptors (Lipinski definition) is 4. The van der Waals surface area contributed by atoms with Gasteiger partial charge in [0, 0.05) is 22.9 Å². The number of carboxylic acids is 1. The van der Waals surface area contributed by atoms with E-state index in [0.717, 1.165) is 17.2 Å². The molecule has 16 heavy (non-hydrogen) atoms. The molecule has 0 aliphatic rings. The Morgan fingerprint density at radius 3 is 2.69 bits per heavy atom. The molecule has 0 bridgehead atoms. The molecular weight excluding hydrogens is 224 g/mol. The Kier molecular flexibility index (Phi) is 4.64. The van der Waals surface area contributed by atoms with Gasteiger partial charge in [-0.3, -0.25) is 0 Å². The van der Waals surface area contributed by atoms with Crippen LogP contribution in [0.1, 0.15) is 10.4 Å². The lowest BCUT2D eigenvalue weighted by molar-refractivity contribution is 0.0697. The zero-order valence-corrected chi connectivity index (χ0v) is 10.3. The quantitative estimate of drug-likeness (QED) is 0.604. The first-order valence-electron chi connectivity index (χ1n) is 4.91. The van der Waals surface area contributed by atoms with Gasteiger partial charge >= 0.3 is 5.97 Å². The van der Waals surface area contributed by atoms with Crippen molar-refractivity contribution in [2.45, 2.75) is 4.90 Å². The predicted molar refractivity (Wildman–Crippen MR) is 67.1 cm³/mol. The van der Waals surface area contributed by atoms with Gasteiger partial charge in [-0.2, -0.15) is 0 Å². The van der Waals surface area contributed by atoms with Gasteiger partial charge in [0.2, 0.25) is 0 Å². The highest BCUT2D eigenvalue weighted by molar-refractivity contribution is 7.99. The molecule has 0 aromatic heterocycles. The standard InChI is InChI=1S/C11H16N2O2S/c1-13(2)5-6-16-10-4-3-8(11(14)15)7-9(10)12/h3-4,7H,5-6,12H2,1-2H3,(H,14,15). The van der Waals surface area contributed by atoms with Gasteiger partial charge in [0.1, 0.15) is 0 Å². The summed E-state index contributed by atoms with van der Waals surface area (Å²) < 4.78 is 0. The van der Waals surface area contributed by atoms with Crippen LogP contribution >= 0.6 is 11.8 Å². The Morgan fingerprint density at radius 1 is 1.50 bits per heavy atom. The number of benzene rings is 1. The predicted octanol–water partition coefficient (Wildman–Crippen LogP) is 1.62. The van der Waals surface area contributed by atoms with Crippen molar-refractivity contribution in [1.29, 1.82) is 0 Å². The van der Waals surface area contributed by atoms with Crippen molar-refractivity contribution in [2.75, 3.05) is 32.1 Å². The fourth-order valence-corrected chi connectivity index (χ4v) is 2.22. The third-order valence-corrected chi connectivity index (χ3v) is 3.12. The topological polar surface area (TPSA) is 66.6 Å². The van der Waals surface area contributed by atoms with Crippen molar-refractivity contribution in [3.63, 3.8) is 0 Å². The van der Waals surface area contributed by atoms with Gasteiger partial charge in [0.25, 0.3) is 0 Å². The van der Waals surface area contributed by atoms with Crippen LogP contribution in [0.25, 0.3) is 0 Å². The first-order chi connectivity index (χ1) is 7.50. The monoisotopic (exact) mass is 240 g/mol. The van der Waals surface area contributed by atoms with E-state index < -0.39 is 5.97 Å². The molecule has 0 aliphatic heterocycles. The molecule has 3 N–H and O–H groups in total. The summed E-state index contributed by atoms with van der Waals surface area (Å²) in [7, 11) is 4.02. The molecule has 1 aromatic rings. The molecule has 0 saturated carbocycles. The summed E-state index contributed by atoms with van der Waals surface area (Å²) in [4.78, 5) is 13.7. The van der Waals surface area contributed by atoms with Gasteiger partial charge in [0.15, 0.2) is 0 Å². The molecule has 4 nitrogen and oxygen atoms in total. The molecule has 0 fully saturated rings. The number of aromatic carboxylic acids is 1. The Labute approximate surface area is 99.4 Å². The molecule has 0 radical (unpaired) electrons. The van der Waals surface area contributed by atoms with E-state index in [4.69, 9.17) is 10.8 Å². The molecule has 0 amide bonds. The van der Waals surface area contributed by atoms with Crippen LogP contribution in [0.15, 0.2) is 23.1 Å². The fraction of sp³-hybridized carbons (Fsp3) is 0.364. The number of rotatable bonds is 5. The van der Waals surface area contributed by atoms with Crippen molar-refractivity contribution in [3.8, 4) is 0 Å². The van der Waals surface area contributed by atoms with Gasteiger partial charge in [-0.1, -0.05) is 0 Å². The maximum absolute atomic E-state index is 10.7. The van der Waals surface area contributed by atoms with E-state index in [9.17, 15) is 4.79 Å². The molecule has 5 heteroatoms. The number of nitrogens with zero attached hydrogens (tertiary/aromatic N) is 1. The number of nitrogens with two attached hydrogens (primary N) is 1. The number of nitrogen functional groups attached to an aromatic ring is 1.